The molecule has 0 heterocycles. The van der Waals surface area contributed by atoms with Crippen LogP contribution in [0.25, 0.3) is 0 Å². The molecule has 0 spiro atoms. The molecule has 0 amide bonds. The molecule has 0 saturated heterocycles. The standard InChI is InChI=1S/C14H23NS/c1-11(2)16-10-14(15-4)9-13-7-5-12(3)6-8-13/h5-8,11,14-15H,9-10H2,1-4H3. The van der Waals surface area contributed by atoms with Gasteiger partial charge in [-0.1, -0.05) is 43.7 Å². The van der Waals surface area contributed by atoms with Crippen molar-refractivity contribution in [3.63, 3.8) is 0 Å². The number of nitrogens with one attached hydrogen (secondary N) is 1. The molecule has 0 aromatic heterocycles. The zero-order valence-electron chi connectivity index (χ0n) is 10.8. The maximum Gasteiger partial charge on any atom is 0.0195 e. The topological polar surface area (TPSA) is 12.0 Å². The third kappa shape index (κ3) is 5.04. The summed E-state index contributed by atoms with van der Waals surface area (Å²) < 4.78 is 0. The SMILES string of the molecule is CNC(CSC(C)C)Cc1ccc(C)cc1. The fraction of sp³-hybridized carbons (Fsp3) is 0.571. The van der Waals surface area contributed by atoms with Crippen molar-refractivity contribution in [1.82, 2.24) is 5.32 Å². The van der Waals surface area contributed by atoms with E-state index in [1.807, 2.05) is 11.8 Å². The summed E-state index contributed by atoms with van der Waals surface area (Å²) in [6, 6.07) is 9.43. The van der Waals surface area contributed by atoms with Crippen molar-refractivity contribution in [3.05, 3.63) is 35.4 Å². The van der Waals surface area contributed by atoms with Gasteiger partial charge in [0.25, 0.3) is 0 Å². The molecule has 0 aliphatic rings. The van der Waals surface area contributed by atoms with Gasteiger partial charge in [-0.2, -0.15) is 11.8 Å². The Labute approximate surface area is 104 Å². The van der Waals surface area contributed by atoms with Gasteiger partial charge in [0.1, 0.15) is 0 Å². The minimum absolute atomic E-state index is 0.579. The van der Waals surface area contributed by atoms with Crippen molar-refractivity contribution in [2.45, 2.75) is 38.5 Å². The van der Waals surface area contributed by atoms with Gasteiger partial charge in [0.05, 0.1) is 0 Å². The largest absolute Gasteiger partial charge is 0.316 e. The second-order valence-corrected chi connectivity index (χ2v) is 6.17. The first kappa shape index (κ1) is 13.6. The lowest BCUT2D eigenvalue weighted by molar-refractivity contribution is 0.616. The Hall–Kier alpha value is -0.470. The normalized spacial score (nSPS) is 13.1. The van der Waals surface area contributed by atoms with Crippen LogP contribution in [0.3, 0.4) is 0 Å². The first-order valence-electron chi connectivity index (χ1n) is 5.96. The minimum atomic E-state index is 0.579. The molecule has 2 heteroatoms. The van der Waals surface area contributed by atoms with Crippen molar-refractivity contribution in [2.24, 2.45) is 0 Å². The molecule has 0 bridgehead atoms. The first-order valence-corrected chi connectivity index (χ1v) is 7.01. The van der Waals surface area contributed by atoms with Crippen LogP contribution >= 0.6 is 11.8 Å². The predicted octanol–water partition coefficient (Wildman–Crippen LogP) is 3.27. The van der Waals surface area contributed by atoms with Crippen molar-refractivity contribution >= 4 is 11.8 Å². The van der Waals surface area contributed by atoms with Gasteiger partial charge >= 0.3 is 0 Å². The summed E-state index contributed by atoms with van der Waals surface area (Å²) in [6.45, 7) is 6.64. The summed E-state index contributed by atoms with van der Waals surface area (Å²) >= 11 is 2.02. The van der Waals surface area contributed by atoms with Gasteiger partial charge < -0.3 is 5.32 Å². The Morgan fingerprint density at radius 1 is 1.19 bits per heavy atom. The van der Waals surface area contributed by atoms with Crippen LogP contribution in [0.1, 0.15) is 25.0 Å². The van der Waals surface area contributed by atoms with Crippen LogP contribution in [0.5, 0.6) is 0 Å². The highest BCUT2D eigenvalue weighted by Crippen LogP contribution is 2.13. The fourth-order valence-electron chi connectivity index (χ4n) is 1.56. The lowest BCUT2D eigenvalue weighted by atomic mass is 10.1. The molecule has 1 aromatic carbocycles. The Balaban J connectivity index is 2.46. The Kier molecular flexibility index (Phi) is 5.93. The van der Waals surface area contributed by atoms with Crippen LogP contribution in [-0.4, -0.2) is 24.1 Å². The maximum atomic E-state index is 3.40. The molecule has 1 unspecified atom stereocenters. The van der Waals surface area contributed by atoms with E-state index in [1.54, 1.807) is 0 Å². The monoisotopic (exact) mass is 237 g/mol. The van der Waals surface area contributed by atoms with Crippen LogP contribution in [0, 0.1) is 6.92 Å². The molecule has 1 N–H and O–H groups in total. The van der Waals surface area contributed by atoms with Crippen molar-refractivity contribution in [2.75, 3.05) is 12.8 Å². The van der Waals surface area contributed by atoms with Gasteiger partial charge in [-0.25, -0.2) is 0 Å². The summed E-state index contributed by atoms with van der Waals surface area (Å²) in [5.41, 5.74) is 2.76. The quantitative estimate of drug-likeness (QED) is 0.815. The molecule has 1 rings (SSSR count). The summed E-state index contributed by atoms with van der Waals surface area (Å²) in [6.07, 6.45) is 1.12. The molecule has 1 aromatic rings. The third-order valence-corrected chi connectivity index (χ3v) is 3.90. The molecule has 0 saturated carbocycles. The highest BCUT2D eigenvalue weighted by Gasteiger charge is 2.08. The predicted molar refractivity (Wildman–Crippen MR) is 75.3 cm³/mol. The smallest absolute Gasteiger partial charge is 0.0195 e. The highest BCUT2D eigenvalue weighted by molar-refractivity contribution is 7.99. The molecule has 90 valence electrons. The summed E-state index contributed by atoms with van der Waals surface area (Å²) in [5, 5.41) is 4.12. The number of likely N-dealkylation sites (N-methyl/N-ethyl adjacent to an activating group) is 1. The van der Waals surface area contributed by atoms with E-state index >= 15 is 0 Å². The Morgan fingerprint density at radius 2 is 1.81 bits per heavy atom. The van der Waals surface area contributed by atoms with Gasteiger partial charge in [-0.15, -0.1) is 0 Å². The van der Waals surface area contributed by atoms with Crippen LogP contribution < -0.4 is 5.32 Å². The summed E-state index contributed by atoms with van der Waals surface area (Å²) in [5.74, 6) is 1.18. The molecular formula is C14H23NS. The zero-order valence-corrected chi connectivity index (χ0v) is 11.6. The molecule has 1 nitrogen and oxygen atoms in total. The van der Waals surface area contributed by atoms with E-state index in [1.165, 1.54) is 16.9 Å². The van der Waals surface area contributed by atoms with Crippen molar-refractivity contribution in [3.8, 4) is 0 Å². The second-order valence-electron chi connectivity index (χ2n) is 4.56. The van der Waals surface area contributed by atoms with Crippen LogP contribution in [0.15, 0.2) is 24.3 Å². The zero-order chi connectivity index (χ0) is 12.0. The lowest BCUT2D eigenvalue weighted by Crippen LogP contribution is -2.30. The number of hydrogen-bond donors (Lipinski definition) is 1. The van der Waals surface area contributed by atoms with Gasteiger partial charge in [0.15, 0.2) is 0 Å². The van der Waals surface area contributed by atoms with E-state index in [9.17, 15) is 0 Å². The molecule has 16 heavy (non-hydrogen) atoms. The maximum absolute atomic E-state index is 3.40. The van der Waals surface area contributed by atoms with Crippen molar-refractivity contribution in [1.29, 1.82) is 0 Å². The van der Waals surface area contributed by atoms with Gasteiger partial charge in [0.2, 0.25) is 0 Å². The highest BCUT2D eigenvalue weighted by atomic mass is 32.2. The summed E-state index contributed by atoms with van der Waals surface area (Å²) in [7, 11) is 2.06. The van der Waals surface area contributed by atoms with Gasteiger partial charge in [-0.05, 0) is 31.2 Å². The average Bonchev–Trinajstić information content (AvgIpc) is 2.26. The van der Waals surface area contributed by atoms with Crippen LogP contribution in [0.4, 0.5) is 0 Å². The van der Waals surface area contributed by atoms with E-state index < -0.39 is 0 Å². The van der Waals surface area contributed by atoms with E-state index in [-0.39, 0.29) is 0 Å². The molecular weight excluding hydrogens is 214 g/mol. The average molecular weight is 237 g/mol. The first-order chi connectivity index (χ1) is 7.61. The third-order valence-electron chi connectivity index (χ3n) is 2.64. The van der Waals surface area contributed by atoms with Crippen molar-refractivity contribution < 1.29 is 0 Å². The number of hydrogen-bond acceptors (Lipinski definition) is 2. The minimum Gasteiger partial charge on any atom is -0.316 e. The number of aryl methyl sites for hydroxylation is 1. The number of rotatable bonds is 6. The van der Waals surface area contributed by atoms with E-state index in [0.717, 1.165) is 6.42 Å². The fourth-order valence-corrected chi connectivity index (χ4v) is 2.46. The Morgan fingerprint density at radius 3 is 2.31 bits per heavy atom. The van der Waals surface area contributed by atoms with Crippen LogP contribution in [-0.2, 0) is 6.42 Å². The summed E-state index contributed by atoms with van der Waals surface area (Å²) in [4.78, 5) is 0. The second kappa shape index (κ2) is 6.97. The van der Waals surface area contributed by atoms with Gasteiger partial charge in [0, 0.05) is 11.8 Å². The number of benzene rings is 1. The molecule has 1 atom stereocenters. The number of thioether (sulfide) groups is 1. The van der Waals surface area contributed by atoms with E-state index in [2.05, 4.69) is 57.4 Å². The van der Waals surface area contributed by atoms with Gasteiger partial charge in [-0.3, -0.25) is 0 Å². The lowest BCUT2D eigenvalue weighted by Gasteiger charge is -2.17. The van der Waals surface area contributed by atoms with E-state index in [4.69, 9.17) is 0 Å². The van der Waals surface area contributed by atoms with E-state index in [0.29, 0.717) is 11.3 Å². The molecule has 0 fully saturated rings. The van der Waals surface area contributed by atoms with Crippen LogP contribution in [0.2, 0.25) is 0 Å². The molecule has 0 aliphatic heterocycles. The molecule has 0 radical (unpaired) electrons. The Bertz CT molecular complexity index is 292. The molecule has 0 aliphatic carbocycles.